The Balaban J connectivity index is 0.000000284. The summed E-state index contributed by atoms with van der Waals surface area (Å²) in [6, 6.07) is 6.79. The van der Waals surface area contributed by atoms with Crippen LogP contribution in [0.15, 0.2) is 122 Å². The normalized spacial score (nSPS) is 27.2. The highest BCUT2D eigenvalue weighted by atomic mass is 16.6. The number of rotatable bonds is 26. The first kappa shape index (κ1) is 117. The number of nitrogens with one attached hydrogen (secondary N) is 6. The number of allylic oxidation sites excluding steroid dienone is 2. The van der Waals surface area contributed by atoms with Crippen molar-refractivity contribution in [2.75, 3.05) is 41.4 Å². The maximum absolute atomic E-state index is 15.4. The average Bonchev–Trinajstić information content (AvgIpc) is 1.58. The first-order chi connectivity index (χ1) is 70.5. The number of aliphatic hydroxyl groups excluding tert-OH is 2. The van der Waals surface area contributed by atoms with Gasteiger partial charge < -0.3 is 100 Å². The number of para-hydroxylation sites is 2. The highest BCUT2D eigenvalue weighted by molar-refractivity contribution is 6.02. The number of nitro benzene ring substituents is 2. The first-order valence-electron chi connectivity index (χ1n) is 52.0. The van der Waals surface area contributed by atoms with E-state index in [4.69, 9.17) is 9.47 Å². The number of nitro groups is 2. The Morgan fingerprint density at radius 3 is 1.03 bits per heavy atom. The molecule has 12 amide bonds. The van der Waals surface area contributed by atoms with Gasteiger partial charge >= 0.3 is 11.4 Å². The summed E-state index contributed by atoms with van der Waals surface area (Å²) in [6.07, 6.45) is 6.16. The van der Waals surface area contributed by atoms with Crippen molar-refractivity contribution < 1.29 is 107 Å². The third-order valence-electron chi connectivity index (χ3n) is 30.0. The number of Topliss-reactive ketones (excluding diaryl/α,β-unsaturated/α-hetero) is 2. The number of piperidine rings is 2. The molecule has 12 rings (SSSR count). The van der Waals surface area contributed by atoms with Crippen LogP contribution < -0.4 is 31.9 Å². The number of amides is 12. The van der Waals surface area contributed by atoms with Crippen molar-refractivity contribution >= 4 is 116 Å². The molecule has 0 aliphatic carbocycles. The zero-order valence-corrected chi connectivity index (χ0v) is 90.1. The fourth-order valence-electron chi connectivity index (χ4n) is 21.0. The van der Waals surface area contributed by atoms with Gasteiger partial charge in [-0.15, -0.1) is 0 Å². The second-order valence-electron chi connectivity index (χ2n) is 44.3. The number of ketones is 2. The van der Waals surface area contributed by atoms with Crippen molar-refractivity contribution in [1.29, 1.82) is 0 Å². The molecule has 6 aromatic rings. The number of phenols is 2. The number of phenolic OH excluding ortho intramolecular Hbond substituents is 2. The molecule has 20 atom stereocenters. The van der Waals surface area contributed by atoms with Gasteiger partial charge in [-0.2, -0.15) is 0 Å². The van der Waals surface area contributed by atoms with E-state index in [2.05, 4.69) is 68.7 Å². The maximum Gasteiger partial charge on any atom is 0.310 e. The van der Waals surface area contributed by atoms with E-state index in [1.165, 1.54) is 73.8 Å². The van der Waals surface area contributed by atoms with Crippen LogP contribution in [0.3, 0.4) is 0 Å². The lowest BCUT2D eigenvalue weighted by Crippen LogP contribution is -2.66. The van der Waals surface area contributed by atoms with E-state index < -0.39 is 248 Å². The molecule has 2 aromatic heterocycles. The molecule has 40 heteroatoms. The molecule has 4 aromatic carbocycles. The molecule has 4 bridgehead atoms. The highest BCUT2D eigenvalue weighted by Gasteiger charge is 2.53. The van der Waals surface area contributed by atoms with Crippen molar-refractivity contribution in [3.8, 4) is 11.5 Å². The molecule has 816 valence electrons. The quantitative estimate of drug-likeness (QED) is 0.0105. The van der Waals surface area contributed by atoms with Gasteiger partial charge in [-0.3, -0.25) is 87.4 Å². The van der Waals surface area contributed by atoms with Crippen molar-refractivity contribution in [1.82, 2.24) is 70.4 Å². The molecule has 10 N–H and O–H groups in total. The number of hydrogen-bond acceptors (Lipinski definition) is 24. The Labute approximate surface area is 875 Å². The fourth-order valence-corrected chi connectivity index (χ4v) is 21.0. The van der Waals surface area contributed by atoms with Gasteiger partial charge in [0, 0.05) is 124 Å². The Morgan fingerprint density at radius 1 is 0.413 bits per heavy atom. The number of hydrogen-bond donors (Lipinski definition) is 10. The van der Waals surface area contributed by atoms with Crippen molar-refractivity contribution in [2.24, 2.45) is 47.3 Å². The zero-order valence-electron chi connectivity index (χ0n) is 90.1. The van der Waals surface area contributed by atoms with Crippen LogP contribution >= 0.6 is 0 Å². The van der Waals surface area contributed by atoms with Gasteiger partial charge in [0.15, 0.2) is 23.1 Å². The summed E-state index contributed by atoms with van der Waals surface area (Å²) in [5.41, 5.74) is 1.23. The number of likely N-dealkylation sites (N-methyl/N-ethyl adjacent to an activating group) is 4. The Kier molecular flexibility index (Phi) is 38.7. The van der Waals surface area contributed by atoms with Gasteiger partial charge in [0.1, 0.15) is 85.1 Å². The van der Waals surface area contributed by atoms with Crippen molar-refractivity contribution in [3.05, 3.63) is 164 Å². The van der Waals surface area contributed by atoms with E-state index in [1.807, 2.05) is 116 Å². The smallest absolute Gasteiger partial charge is 0.310 e. The summed E-state index contributed by atoms with van der Waals surface area (Å²) in [5.74, 6) is -15.2. The predicted molar refractivity (Wildman–Crippen MR) is 559 cm³/mol. The molecule has 6 aliphatic rings. The lowest BCUT2D eigenvalue weighted by molar-refractivity contribution is -0.386. The summed E-state index contributed by atoms with van der Waals surface area (Å²) in [5, 5.41) is 86.7. The predicted octanol–water partition coefficient (Wildman–Crippen LogP) is 9.01. The number of aromatic hydroxyl groups is 2. The van der Waals surface area contributed by atoms with Crippen LogP contribution in [0.25, 0.3) is 21.8 Å². The number of nitrogens with zero attached hydrogens (tertiary/aromatic N) is 10. The molecule has 6 aliphatic heterocycles. The molecule has 0 unspecified atom stereocenters. The van der Waals surface area contributed by atoms with Crippen molar-refractivity contribution in [3.63, 3.8) is 0 Å². The third kappa shape index (κ3) is 27.3. The van der Waals surface area contributed by atoms with Crippen LogP contribution in [-0.4, -0.2) is 290 Å². The van der Waals surface area contributed by atoms with E-state index in [0.717, 1.165) is 55.9 Å². The standard InChI is InChI=1S/2C55H76N8O12/c2*1-12-13-17-37-48(66)58-39(27-35-28-61(55(8,9)47-29-75-47)40-18-15-14-16-36(35)40)53(71)59(10)42(21-30(2)3)49(67)57-38(25-34-19-20-45(64)41(26-34)63(73)74)46(65)24-33(7)51(69)60(11)44-23-32(6)52(70)62(54(44)72)43(22-31(4)5)50(68)56-37/h2*12-16,18-20,26,28,30-33,37-39,42-44,47,52,64,70H,17,21-25,27,29H2,1-11H3,(H,56,68)(H,57,67)(H,58,66)/b2*13-12+/t32-,33-,37+,38+,39+,42+,43+,44+,47-,52+;32-,33-,37+,38+,39+,42+,43+,44+,47-,52-/m11/s1. The minimum absolute atomic E-state index is 0.0186. The molecule has 0 spiro atoms. The van der Waals surface area contributed by atoms with Gasteiger partial charge in [-0.1, -0.05) is 156 Å². The molecule has 0 saturated carbocycles. The molecule has 40 nitrogen and oxygen atoms in total. The molecule has 0 radical (unpaired) electrons. The Hall–Kier alpha value is -13.3. The number of epoxide rings is 2. The van der Waals surface area contributed by atoms with Crippen molar-refractivity contribution in [2.45, 2.75) is 323 Å². The van der Waals surface area contributed by atoms with Gasteiger partial charge in [-0.05, 0) is 176 Å². The number of aliphatic hydroxyl groups is 2. The van der Waals surface area contributed by atoms with Crippen LogP contribution in [0.5, 0.6) is 11.5 Å². The first-order valence-corrected chi connectivity index (χ1v) is 52.0. The van der Waals surface area contributed by atoms with Gasteiger partial charge in [0.05, 0.1) is 46.2 Å². The average molecular weight is 2080 g/mol. The minimum atomic E-state index is -1.45. The summed E-state index contributed by atoms with van der Waals surface area (Å²) in [7, 11) is 5.69. The topological polar surface area (TPSA) is 533 Å². The summed E-state index contributed by atoms with van der Waals surface area (Å²) in [4.78, 5) is 237. The molecule has 6 fully saturated rings. The largest absolute Gasteiger partial charge is 0.502 e. The Bertz CT molecular complexity index is 5710. The van der Waals surface area contributed by atoms with Gasteiger partial charge in [-0.25, -0.2) is 0 Å². The summed E-state index contributed by atoms with van der Waals surface area (Å²) >= 11 is 0. The van der Waals surface area contributed by atoms with E-state index in [0.29, 0.717) is 24.3 Å². The molecule has 8 heterocycles. The van der Waals surface area contributed by atoms with E-state index >= 15 is 9.59 Å². The number of aromatic nitrogens is 2. The molecular formula is C110H152N16O24. The van der Waals surface area contributed by atoms with Crippen LogP contribution in [0.4, 0.5) is 11.4 Å². The number of carbonyl (C=O) groups excluding carboxylic acids is 14. The third-order valence-corrected chi connectivity index (χ3v) is 30.0. The van der Waals surface area contributed by atoms with E-state index in [1.54, 1.807) is 52.0 Å². The number of carbonyl (C=O) groups is 14. The van der Waals surface area contributed by atoms with Gasteiger partial charge in [0.2, 0.25) is 70.9 Å². The maximum atomic E-state index is 15.4. The lowest BCUT2D eigenvalue weighted by atomic mass is 9.88. The second-order valence-corrected chi connectivity index (χ2v) is 44.3. The highest BCUT2D eigenvalue weighted by Crippen LogP contribution is 2.42. The summed E-state index contributed by atoms with van der Waals surface area (Å²) < 4.78 is 15.7. The lowest BCUT2D eigenvalue weighted by Gasteiger charge is -2.46. The number of fused-ring (bicyclic) bond motifs is 6. The van der Waals surface area contributed by atoms with Gasteiger partial charge in [0.25, 0.3) is 0 Å². The Morgan fingerprint density at radius 2 is 0.720 bits per heavy atom. The second kappa shape index (κ2) is 49.6. The molecular weight excluding hydrogens is 1930 g/mol. The minimum Gasteiger partial charge on any atom is -0.502 e. The van der Waals surface area contributed by atoms with Crippen LogP contribution in [-0.2, 0) is 113 Å². The monoisotopic (exact) mass is 2080 g/mol. The fraction of sp³-hybridized carbons (Fsp3) is 0.582. The summed E-state index contributed by atoms with van der Waals surface area (Å²) in [6.45, 7) is 34.0. The van der Waals surface area contributed by atoms with E-state index in [9.17, 15) is 98.2 Å². The zero-order chi connectivity index (χ0) is 111. The van der Waals surface area contributed by atoms with Crippen LogP contribution in [0.2, 0.25) is 0 Å². The SMILES string of the molecule is C/C=C/C[C@@H]1NC(=O)[C@H](CC(C)C)N2C(=O)[C@H](C[C@@H](C)[C@@H]2O)N(C)C(=O)[C@H](C)CC(=O)[C@H](Cc2ccc(O)c([N+](=O)[O-])c2)NC(=O)[C@H](CC(C)C)N(C)C(=O)[C@H](Cc2cn(C(C)(C)[C@H]3CO3)c3ccccc23)NC1=O.C/C=C/C[C@@H]1NC(=O)[C@H](CC(C)C)N2C(=O)[C@H](C[C@@H](C)[C@H]2O)N(C)C(=O)[C@H](C)CC(=O)[C@H](Cc2ccc(O)c([N+](=O)[O-])c2)NC(=O)[C@H](CC(C)C)N(C)C(=O)[C@H](Cc2cn(C(C)(C)[C@H]3CO3)c3ccccc23)NC1=O. The number of ether oxygens (including phenoxy) is 2. The number of benzene rings is 4. The molecule has 150 heavy (non-hydrogen) atoms. The van der Waals surface area contributed by atoms with E-state index in [-0.39, 0.29) is 124 Å². The molecule has 6 saturated heterocycles. The van der Waals surface area contributed by atoms with Crippen LogP contribution in [0.1, 0.15) is 211 Å². The van der Waals surface area contributed by atoms with Crippen LogP contribution in [0, 0.1) is 67.6 Å².